The summed E-state index contributed by atoms with van der Waals surface area (Å²) >= 11 is 3.01. The van der Waals surface area contributed by atoms with Crippen molar-refractivity contribution in [3.8, 4) is 0 Å². The summed E-state index contributed by atoms with van der Waals surface area (Å²) in [6.07, 6.45) is 6.43. The van der Waals surface area contributed by atoms with Crippen LogP contribution in [0.3, 0.4) is 0 Å². The zero-order valence-corrected chi connectivity index (χ0v) is 15.9. The Kier molecular flexibility index (Phi) is 5.48. The minimum absolute atomic E-state index is 0.0316. The van der Waals surface area contributed by atoms with Gasteiger partial charge in [-0.05, 0) is 13.3 Å². The third-order valence-corrected chi connectivity index (χ3v) is 6.51. The second-order valence-corrected chi connectivity index (χ2v) is 8.65. The minimum atomic E-state index is -0.334. The van der Waals surface area contributed by atoms with E-state index in [1.807, 2.05) is 12.5 Å². The van der Waals surface area contributed by atoms with Crippen LogP contribution in [0.4, 0.5) is 4.79 Å². The molecule has 25 heavy (non-hydrogen) atoms. The number of rotatable bonds is 5. The molecule has 1 saturated heterocycles. The second kappa shape index (κ2) is 7.61. The van der Waals surface area contributed by atoms with E-state index in [1.165, 1.54) is 16.6 Å². The SMILES string of the molecule is C=CCOC(=O)N1C[C@@H](SC(C)=O)C[C@H]1Cc1sc2cncn2c1C. The molecule has 2 aromatic rings. The molecule has 134 valence electrons. The van der Waals surface area contributed by atoms with Crippen LogP contribution in [0, 0.1) is 6.92 Å². The molecule has 3 heterocycles. The molecular weight excluding hydrogens is 358 g/mol. The molecular formula is C17H21N3O3S2. The number of imidazole rings is 1. The summed E-state index contributed by atoms with van der Waals surface area (Å²) in [5, 5.41) is 0.199. The van der Waals surface area contributed by atoms with Crippen LogP contribution >= 0.6 is 23.1 Å². The molecule has 0 saturated carbocycles. The van der Waals surface area contributed by atoms with Gasteiger partial charge in [0.1, 0.15) is 17.8 Å². The summed E-state index contributed by atoms with van der Waals surface area (Å²) in [7, 11) is 0. The number of carbonyl (C=O) groups excluding carboxylic acids is 2. The third-order valence-electron chi connectivity index (χ3n) is 4.29. The monoisotopic (exact) mass is 379 g/mol. The van der Waals surface area contributed by atoms with Gasteiger partial charge in [-0.15, -0.1) is 11.3 Å². The highest BCUT2D eigenvalue weighted by molar-refractivity contribution is 8.14. The fourth-order valence-electron chi connectivity index (χ4n) is 3.17. The highest BCUT2D eigenvalue weighted by Gasteiger charge is 2.37. The maximum absolute atomic E-state index is 12.4. The number of aryl methyl sites for hydroxylation is 1. The number of thiazole rings is 1. The number of aromatic nitrogens is 2. The number of carbonyl (C=O) groups is 2. The van der Waals surface area contributed by atoms with Crippen LogP contribution in [0.25, 0.3) is 4.83 Å². The Bertz CT molecular complexity index is 798. The van der Waals surface area contributed by atoms with Crippen LogP contribution in [0.1, 0.15) is 23.9 Å². The predicted molar refractivity (Wildman–Crippen MR) is 100 cm³/mol. The Morgan fingerprint density at radius 1 is 1.56 bits per heavy atom. The van der Waals surface area contributed by atoms with Gasteiger partial charge in [0, 0.05) is 41.8 Å². The van der Waals surface area contributed by atoms with E-state index in [0.29, 0.717) is 6.54 Å². The van der Waals surface area contributed by atoms with Gasteiger partial charge < -0.3 is 9.64 Å². The van der Waals surface area contributed by atoms with Gasteiger partial charge >= 0.3 is 6.09 Å². The average Bonchev–Trinajstić information content (AvgIpc) is 3.23. The summed E-state index contributed by atoms with van der Waals surface area (Å²) in [6, 6.07) is 0.0316. The summed E-state index contributed by atoms with van der Waals surface area (Å²) in [6.45, 7) is 7.95. The lowest BCUT2D eigenvalue weighted by Crippen LogP contribution is -2.37. The van der Waals surface area contributed by atoms with Gasteiger partial charge in [0.25, 0.3) is 0 Å². The Hall–Kier alpha value is -1.80. The lowest BCUT2D eigenvalue weighted by molar-refractivity contribution is -0.109. The van der Waals surface area contributed by atoms with Crippen molar-refractivity contribution in [2.24, 2.45) is 0 Å². The molecule has 0 bridgehead atoms. The van der Waals surface area contributed by atoms with Crippen LogP contribution in [0.15, 0.2) is 25.2 Å². The molecule has 1 aliphatic rings. The van der Waals surface area contributed by atoms with E-state index in [-0.39, 0.29) is 29.1 Å². The topological polar surface area (TPSA) is 63.9 Å². The molecule has 1 amide bonds. The van der Waals surface area contributed by atoms with Crippen LogP contribution < -0.4 is 0 Å². The van der Waals surface area contributed by atoms with E-state index in [0.717, 1.165) is 23.4 Å². The molecule has 0 radical (unpaired) electrons. The van der Waals surface area contributed by atoms with E-state index in [1.54, 1.807) is 29.2 Å². The molecule has 1 aliphatic heterocycles. The number of hydrogen-bond donors (Lipinski definition) is 0. The standard InChI is InChI=1S/C17H21N3O3S2/c1-4-5-23-17(22)19-9-14(24-12(3)21)6-13(19)7-15-11(2)20-10-18-8-16(20)25-15/h4,8,10,13-14H,1,5-7,9H2,2-3H3/t13-,14-/m0/s1. The van der Waals surface area contributed by atoms with Crippen LogP contribution in [0.5, 0.6) is 0 Å². The number of amides is 1. The first-order valence-electron chi connectivity index (χ1n) is 8.11. The first-order chi connectivity index (χ1) is 12.0. The molecule has 0 unspecified atom stereocenters. The van der Waals surface area contributed by atoms with E-state index < -0.39 is 0 Å². The van der Waals surface area contributed by atoms with Gasteiger partial charge in [0.05, 0.1) is 6.20 Å². The van der Waals surface area contributed by atoms with Crippen molar-refractivity contribution in [1.29, 1.82) is 0 Å². The van der Waals surface area contributed by atoms with Crippen molar-refractivity contribution in [1.82, 2.24) is 14.3 Å². The summed E-state index contributed by atoms with van der Waals surface area (Å²) < 4.78 is 7.30. The average molecular weight is 380 g/mol. The van der Waals surface area contributed by atoms with Gasteiger partial charge in [-0.25, -0.2) is 9.78 Å². The summed E-state index contributed by atoms with van der Waals surface area (Å²) in [4.78, 5) is 32.1. The third kappa shape index (κ3) is 3.90. The van der Waals surface area contributed by atoms with Crippen molar-refractivity contribution in [3.05, 3.63) is 35.8 Å². The highest BCUT2D eigenvalue weighted by Crippen LogP contribution is 2.33. The number of thioether (sulfide) groups is 1. The van der Waals surface area contributed by atoms with E-state index in [2.05, 4.69) is 22.9 Å². The Labute approximate surface area is 154 Å². The highest BCUT2D eigenvalue weighted by atomic mass is 32.2. The normalized spacial score (nSPS) is 20.2. The maximum atomic E-state index is 12.4. The van der Waals surface area contributed by atoms with E-state index in [4.69, 9.17) is 4.74 Å². The molecule has 8 heteroatoms. The molecule has 0 spiro atoms. The molecule has 2 aromatic heterocycles. The number of likely N-dealkylation sites (tertiary alicyclic amines) is 1. The Balaban J connectivity index is 1.78. The van der Waals surface area contributed by atoms with E-state index >= 15 is 0 Å². The van der Waals surface area contributed by atoms with Crippen molar-refractivity contribution < 1.29 is 14.3 Å². The van der Waals surface area contributed by atoms with Crippen LogP contribution in [-0.4, -0.2) is 49.9 Å². The Morgan fingerprint density at radius 3 is 3.04 bits per heavy atom. The summed E-state index contributed by atoms with van der Waals surface area (Å²) in [5.74, 6) is 0. The fraction of sp³-hybridized carbons (Fsp3) is 0.471. The van der Waals surface area contributed by atoms with Gasteiger partial charge in [-0.3, -0.25) is 9.20 Å². The van der Waals surface area contributed by atoms with Crippen LogP contribution in [0.2, 0.25) is 0 Å². The smallest absolute Gasteiger partial charge is 0.410 e. The Morgan fingerprint density at radius 2 is 2.36 bits per heavy atom. The van der Waals surface area contributed by atoms with Crippen molar-refractivity contribution in [2.45, 2.75) is 38.0 Å². The fourth-order valence-corrected chi connectivity index (χ4v) is 5.37. The van der Waals surface area contributed by atoms with Crippen LogP contribution in [-0.2, 0) is 16.0 Å². The second-order valence-electron chi connectivity index (χ2n) is 6.06. The van der Waals surface area contributed by atoms with Gasteiger partial charge in [-0.1, -0.05) is 24.4 Å². The molecule has 2 atom stereocenters. The molecule has 3 rings (SSSR count). The molecule has 1 fully saturated rings. The molecule has 0 aromatic carbocycles. The quantitative estimate of drug-likeness (QED) is 0.746. The lowest BCUT2D eigenvalue weighted by atomic mass is 10.1. The molecule has 0 aliphatic carbocycles. The maximum Gasteiger partial charge on any atom is 0.410 e. The molecule has 0 N–H and O–H groups in total. The van der Waals surface area contributed by atoms with Crippen molar-refractivity contribution >= 4 is 39.1 Å². The van der Waals surface area contributed by atoms with Crippen molar-refractivity contribution in [3.63, 3.8) is 0 Å². The summed E-state index contributed by atoms with van der Waals surface area (Å²) in [5.41, 5.74) is 1.15. The largest absolute Gasteiger partial charge is 0.445 e. The molecule has 6 nitrogen and oxygen atoms in total. The zero-order chi connectivity index (χ0) is 18.0. The zero-order valence-electron chi connectivity index (χ0n) is 14.3. The number of hydrogen-bond acceptors (Lipinski definition) is 6. The van der Waals surface area contributed by atoms with Crippen molar-refractivity contribution in [2.75, 3.05) is 13.2 Å². The minimum Gasteiger partial charge on any atom is -0.445 e. The number of ether oxygens (including phenoxy) is 1. The predicted octanol–water partition coefficient (Wildman–Crippen LogP) is 3.29. The van der Waals surface area contributed by atoms with Gasteiger partial charge in [-0.2, -0.15) is 0 Å². The number of nitrogens with zero attached hydrogens (tertiary/aromatic N) is 3. The van der Waals surface area contributed by atoms with E-state index in [9.17, 15) is 9.59 Å². The number of fused-ring (bicyclic) bond motifs is 1. The lowest BCUT2D eigenvalue weighted by Gasteiger charge is -2.23. The van der Waals surface area contributed by atoms with Gasteiger partial charge in [0.15, 0.2) is 5.12 Å². The first kappa shape index (κ1) is 18.0. The first-order valence-corrected chi connectivity index (χ1v) is 9.81. The van der Waals surface area contributed by atoms with Gasteiger partial charge in [0.2, 0.25) is 0 Å².